The number of fused-ring (bicyclic) bond motifs is 1. The summed E-state index contributed by atoms with van der Waals surface area (Å²) in [5.41, 5.74) is 3.72. The summed E-state index contributed by atoms with van der Waals surface area (Å²) in [4.78, 5) is 16.2. The Morgan fingerprint density at radius 2 is 1.80 bits per heavy atom. The first-order valence-corrected chi connectivity index (χ1v) is 10.0. The molecule has 0 bridgehead atoms. The minimum Gasteiger partial charge on any atom is -0.485 e. The molecule has 0 aliphatic rings. The number of benzene rings is 3. The number of hydrogen-bond donors (Lipinski definition) is 1. The van der Waals surface area contributed by atoms with Gasteiger partial charge in [0.25, 0.3) is 0 Å². The van der Waals surface area contributed by atoms with E-state index in [2.05, 4.69) is 0 Å². The fourth-order valence-electron chi connectivity index (χ4n) is 3.33. The van der Waals surface area contributed by atoms with E-state index in [0.29, 0.717) is 22.4 Å². The Bertz CT molecular complexity index is 1230. The zero-order chi connectivity index (χ0) is 21.3. The number of imidazole rings is 1. The van der Waals surface area contributed by atoms with Crippen molar-refractivity contribution in [2.24, 2.45) is 0 Å². The molecule has 0 aliphatic heterocycles. The van der Waals surface area contributed by atoms with Gasteiger partial charge in [-0.1, -0.05) is 47.5 Å². The molecule has 0 spiro atoms. The molecule has 0 aliphatic carbocycles. The Labute approximate surface area is 183 Å². The highest BCUT2D eigenvalue weighted by Crippen LogP contribution is 2.28. The van der Waals surface area contributed by atoms with Gasteiger partial charge < -0.3 is 14.4 Å². The molecule has 0 fully saturated rings. The molecule has 0 radical (unpaired) electrons. The van der Waals surface area contributed by atoms with Gasteiger partial charge in [0.2, 0.25) is 0 Å². The van der Waals surface area contributed by atoms with Crippen molar-refractivity contribution in [2.45, 2.75) is 20.1 Å². The number of rotatable bonds is 6. The number of nitrogens with zero attached hydrogens (tertiary/aromatic N) is 2. The number of ether oxygens (including phenoxy) is 1. The summed E-state index contributed by atoms with van der Waals surface area (Å²) in [5, 5.41) is 10.5. The molecule has 1 N–H and O–H groups in total. The third-order valence-electron chi connectivity index (χ3n) is 4.83. The van der Waals surface area contributed by atoms with Crippen molar-refractivity contribution >= 4 is 40.2 Å². The van der Waals surface area contributed by atoms with Crippen LogP contribution in [0.25, 0.3) is 11.0 Å². The van der Waals surface area contributed by atoms with Crippen LogP contribution >= 0.6 is 23.2 Å². The largest absolute Gasteiger partial charge is 0.485 e. The monoisotopic (exact) mass is 440 g/mol. The summed E-state index contributed by atoms with van der Waals surface area (Å²) in [6.45, 7) is 2.51. The smallest absolute Gasteiger partial charge is 0.339 e. The van der Waals surface area contributed by atoms with E-state index >= 15 is 0 Å². The Hall–Kier alpha value is -3.02. The molecule has 30 heavy (non-hydrogen) atoms. The highest BCUT2D eigenvalue weighted by Gasteiger charge is 2.17. The first-order valence-electron chi connectivity index (χ1n) is 9.28. The molecule has 0 amide bonds. The second-order valence-corrected chi connectivity index (χ2v) is 7.71. The number of carboxylic acid groups (broad SMARTS) is 1. The fourth-order valence-corrected chi connectivity index (χ4v) is 3.85. The molecule has 4 rings (SSSR count). The maximum absolute atomic E-state index is 11.5. The lowest BCUT2D eigenvalue weighted by Gasteiger charge is -2.13. The predicted octanol–water partition coefficient (Wildman–Crippen LogP) is 5.98. The first-order chi connectivity index (χ1) is 14.4. The van der Waals surface area contributed by atoms with Crippen LogP contribution in [-0.4, -0.2) is 20.6 Å². The van der Waals surface area contributed by atoms with Crippen molar-refractivity contribution in [2.75, 3.05) is 0 Å². The number of carboxylic acids is 1. The summed E-state index contributed by atoms with van der Waals surface area (Å²) in [6, 6.07) is 17.9. The van der Waals surface area contributed by atoms with Crippen LogP contribution in [0.5, 0.6) is 5.75 Å². The highest BCUT2D eigenvalue weighted by molar-refractivity contribution is 6.36. The summed E-state index contributed by atoms with van der Waals surface area (Å²) < 4.78 is 7.84. The van der Waals surface area contributed by atoms with Crippen LogP contribution in [0.1, 0.15) is 27.3 Å². The molecular weight excluding hydrogens is 423 g/mol. The Morgan fingerprint density at radius 3 is 2.53 bits per heavy atom. The standard InChI is InChI=1S/C23H18Cl2N2O3/c1-14-9-10-20-19(11-14)26-22(13-30-21-8-3-2-5-15(21)23(28)29)27(20)12-16-17(24)6-4-7-18(16)25/h2-11H,12-13H2,1H3,(H,28,29). The number of hydrogen-bond acceptors (Lipinski definition) is 3. The molecule has 7 heteroatoms. The van der Waals surface area contributed by atoms with Crippen LogP contribution in [0.4, 0.5) is 0 Å². The number of aryl methyl sites for hydroxylation is 1. The molecule has 1 aromatic heterocycles. The van der Waals surface area contributed by atoms with Crippen molar-refractivity contribution in [3.8, 4) is 5.75 Å². The molecule has 0 unspecified atom stereocenters. The Balaban J connectivity index is 1.74. The lowest BCUT2D eigenvalue weighted by atomic mass is 10.2. The van der Waals surface area contributed by atoms with Crippen molar-refractivity contribution < 1.29 is 14.6 Å². The van der Waals surface area contributed by atoms with Gasteiger partial charge in [-0.25, -0.2) is 9.78 Å². The van der Waals surface area contributed by atoms with E-state index in [1.807, 2.05) is 29.7 Å². The maximum Gasteiger partial charge on any atom is 0.339 e. The van der Waals surface area contributed by atoms with Gasteiger partial charge in [0.1, 0.15) is 23.7 Å². The van der Waals surface area contributed by atoms with Crippen molar-refractivity contribution in [1.29, 1.82) is 0 Å². The first kappa shape index (κ1) is 20.3. The normalized spacial score (nSPS) is 11.0. The topological polar surface area (TPSA) is 64.3 Å². The number of halogens is 2. The Morgan fingerprint density at radius 1 is 1.07 bits per heavy atom. The lowest BCUT2D eigenvalue weighted by Crippen LogP contribution is -2.10. The molecule has 5 nitrogen and oxygen atoms in total. The maximum atomic E-state index is 11.5. The summed E-state index contributed by atoms with van der Waals surface area (Å²) in [6.07, 6.45) is 0. The van der Waals surface area contributed by atoms with Crippen LogP contribution in [-0.2, 0) is 13.2 Å². The second-order valence-electron chi connectivity index (χ2n) is 6.90. The number of aromatic carboxylic acids is 1. The Kier molecular flexibility index (Phi) is 5.66. The minimum atomic E-state index is -1.04. The van der Waals surface area contributed by atoms with Crippen molar-refractivity contribution in [3.05, 3.63) is 93.2 Å². The van der Waals surface area contributed by atoms with Gasteiger partial charge in [0.05, 0.1) is 17.6 Å². The highest BCUT2D eigenvalue weighted by atomic mass is 35.5. The van der Waals surface area contributed by atoms with Gasteiger partial charge in [0.15, 0.2) is 0 Å². The van der Waals surface area contributed by atoms with Gasteiger partial charge in [-0.3, -0.25) is 0 Å². The van der Waals surface area contributed by atoms with Gasteiger partial charge in [0, 0.05) is 15.6 Å². The van der Waals surface area contributed by atoms with Gasteiger partial charge in [-0.15, -0.1) is 0 Å². The average molecular weight is 441 g/mol. The molecule has 4 aromatic rings. The number of para-hydroxylation sites is 1. The summed E-state index contributed by atoms with van der Waals surface area (Å²) in [5.74, 6) is -0.111. The average Bonchev–Trinajstić information content (AvgIpc) is 3.05. The van der Waals surface area contributed by atoms with E-state index < -0.39 is 5.97 Å². The second kappa shape index (κ2) is 8.38. The molecule has 152 valence electrons. The molecule has 3 aromatic carbocycles. The molecule has 0 saturated carbocycles. The molecule has 1 heterocycles. The number of carbonyl (C=O) groups is 1. The van der Waals surface area contributed by atoms with Crippen LogP contribution in [0, 0.1) is 6.92 Å². The zero-order valence-electron chi connectivity index (χ0n) is 16.1. The fraction of sp³-hybridized carbons (Fsp3) is 0.130. The predicted molar refractivity (Wildman–Crippen MR) is 118 cm³/mol. The summed E-state index contributed by atoms with van der Waals surface area (Å²) in [7, 11) is 0. The van der Waals surface area contributed by atoms with E-state index in [0.717, 1.165) is 22.2 Å². The SMILES string of the molecule is Cc1ccc2c(c1)nc(COc1ccccc1C(=O)O)n2Cc1c(Cl)cccc1Cl. The van der Waals surface area contributed by atoms with Gasteiger partial charge in [-0.05, 0) is 48.9 Å². The van der Waals surface area contributed by atoms with Crippen LogP contribution in [0.15, 0.2) is 60.7 Å². The van der Waals surface area contributed by atoms with E-state index in [-0.39, 0.29) is 17.9 Å². The quantitative estimate of drug-likeness (QED) is 0.400. The van der Waals surface area contributed by atoms with Crippen LogP contribution in [0.2, 0.25) is 10.0 Å². The third kappa shape index (κ3) is 3.99. The van der Waals surface area contributed by atoms with Crippen LogP contribution < -0.4 is 4.74 Å². The van der Waals surface area contributed by atoms with Gasteiger partial charge in [-0.2, -0.15) is 0 Å². The van der Waals surface area contributed by atoms with E-state index in [1.165, 1.54) is 6.07 Å². The molecule has 0 saturated heterocycles. The lowest BCUT2D eigenvalue weighted by molar-refractivity contribution is 0.0691. The zero-order valence-corrected chi connectivity index (χ0v) is 17.6. The van der Waals surface area contributed by atoms with Crippen LogP contribution in [0.3, 0.4) is 0 Å². The summed E-state index contributed by atoms with van der Waals surface area (Å²) >= 11 is 12.8. The van der Waals surface area contributed by atoms with E-state index in [9.17, 15) is 9.90 Å². The minimum absolute atomic E-state index is 0.0973. The van der Waals surface area contributed by atoms with E-state index in [4.69, 9.17) is 32.9 Å². The molecule has 0 atom stereocenters. The van der Waals surface area contributed by atoms with Crippen molar-refractivity contribution in [3.63, 3.8) is 0 Å². The van der Waals surface area contributed by atoms with Crippen molar-refractivity contribution in [1.82, 2.24) is 9.55 Å². The van der Waals surface area contributed by atoms with E-state index in [1.54, 1.807) is 36.4 Å². The molecular formula is C23H18Cl2N2O3. The van der Waals surface area contributed by atoms with Gasteiger partial charge >= 0.3 is 5.97 Å². The third-order valence-corrected chi connectivity index (χ3v) is 5.54. The number of aromatic nitrogens is 2.